The zero-order valence-electron chi connectivity index (χ0n) is 16.1. The largest absolute Gasteiger partial charge is 0.457 e. The molecule has 1 aliphatic rings. The summed E-state index contributed by atoms with van der Waals surface area (Å²) >= 11 is 0. The van der Waals surface area contributed by atoms with E-state index in [0.29, 0.717) is 5.69 Å². The van der Waals surface area contributed by atoms with E-state index < -0.39 is 11.9 Å². The Morgan fingerprint density at radius 1 is 0.862 bits per heavy atom. The number of nitrogens with zero attached hydrogens (tertiary/aromatic N) is 1. The number of imide groups is 1. The lowest BCUT2D eigenvalue weighted by molar-refractivity contribution is 0.0472. The Morgan fingerprint density at radius 3 is 2.34 bits per heavy atom. The number of anilines is 1. The van der Waals surface area contributed by atoms with Crippen molar-refractivity contribution < 1.29 is 19.1 Å². The van der Waals surface area contributed by atoms with Crippen LogP contribution in [-0.2, 0) is 11.3 Å². The fraction of sp³-hybridized carbons (Fsp3) is 0.125. The molecule has 0 aromatic heterocycles. The molecule has 0 aliphatic carbocycles. The molecular weight excluding hydrogens is 366 g/mol. The van der Waals surface area contributed by atoms with Gasteiger partial charge in [-0.15, -0.1) is 0 Å². The fourth-order valence-corrected chi connectivity index (χ4v) is 3.35. The number of esters is 1. The van der Waals surface area contributed by atoms with Crippen molar-refractivity contribution in [2.24, 2.45) is 0 Å². The Hall–Kier alpha value is -3.73. The molecule has 1 aliphatic heterocycles. The van der Waals surface area contributed by atoms with Crippen LogP contribution in [0, 0.1) is 13.8 Å². The van der Waals surface area contributed by atoms with E-state index in [1.54, 1.807) is 0 Å². The third-order valence-electron chi connectivity index (χ3n) is 4.94. The number of aryl methyl sites for hydroxylation is 2. The van der Waals surface area contributed by atoms with E-state index in [-0.39, 0.29) is 29.2 Å². The monoisotopic (exact) mass is 385 g/mol. The molecule has 3 aromatic rings. The van der Waals surface area contributed by atoms with Gasteiger partial charge in [0.1, 0.15) is 6.61 Å². The van der Waals surface area contributed by atoms with Gasteiger partial charge in [0.15, 0.2) is 0 Å². The first-order valence-electron chi connectivity index (χ1n) is 9.27. The highest BCUT2D eigenvalue weighted by Crippen LogP contribution is 2.31. The number of benzene rings is 3. The van der Waals surface area contributed by atoms with Crippen LogP contribution in [0.15, 0.2) is 66.7 Å². The summed E-state index contributed by atoms with van der Waals surface area (Å²) in [6.45, 7) is 3.89. The molecule has 0 radical (unpaired) electrons. The Bertz CT molecular complexity index is 1130. The molecule has 0 saturated carbocycles. The minimum atomic E-state index is -0.540. The van der Waals surface area contributed by atoms with E-state index in [9.17, 15) is 14.4 Å². The van der Waals surface area contributed by atoms with E-state index in [4.69, 9.17) is 4.74 Å². The Balaban J connectivity index is 1.60. The molecular formula is C24H19NO4. The smallest absolute Gasteiger partial charge is 0.338 e. The topological polar surface area (TPSA) is 63.7 Å². The lowest BCUT2D eigenvalue weighted by Crippen LogP contribution is -2.30. The van der Waals surface area contributed by atoms with E-state index in [1.807, 2.05) is 62.4 Å². The van der Waals surface area contributed by atoms with Crippen LogP contribution in [0.4, 0.5) is 5.69 Å². The van der Waals surface area contributed by atoms with Gasteiger partial charge < -0.3 is 4.74 Å². The molecule has 0 fully saturated rings. The molecule has 3 aromatic carbocycles. The Kier molecular flexibility index (Phi) is 4.72. The first-order chi connectivity index (χ1) is 14.0. The third-order valence-corrected chi connectivity index (χ3v) is 4.94. The van der Waals surface area contributed by atoms with Crippen LogP contribution in [0.5, 0.6) is 0 Å². The predicted octanol–water partition coefficient (Wildman–Crippen LogP) is 4.46. The van der Waals surface area contributed by atoms with Crippen LogP contribution in [-0.4, -0.2) is 17.8 Å². The number of hydrogen-bond acceptors (Lipinski definition) is 4. The van der Waals surface area contributed by atoms with Crippen molar-refractivity contribution in [3.63, 3.8) is 0 Å². The quantitative estimate of drug-likeness (QED) is 0.491. The van der Waals surface area contributed by atoms with Gasteiger partial charge in [0.25, 0.3) is 11.8 Å². The van der Waals surface area contributed by atoms with Gasteiger partial charge in [0.05, 0.1) is 22.4 Å². The molecule has 29 heavy (non-hydrogen) atoms. The zero-order valence-corrected chi connectivity index (χ0v) is 16.1. The Morgan fingerprint density at radius 2 is 1.59 bits per heavy atom. The van der Waals surface area contributed by atoms with Crippen molar-refractivity contribution in [3.05, 3.63) is 100 Å². The van der Waals surface area contributed by atoms with Crippen molar-refractivity contribution in [3.8, 4) is 0 Å². The summed E-state index contributed by atoms with van der Waals surface area (Å²) in [6.07, 6.45) is 0. The molecule has 144 valence electrons. The summed E-state index contributed by atoms with van der Waals surface area (Å²) in [5.41, 5.74) is 3.95. The molecule has 4 rings (SSSR count). The van der Waals surface area contributed by atoms with Crippen molar-refractivity contribution in [1.29, 1.82) is 0 Å². The maximum atomic E-state index is 13.0. The van der Waals surface area contributed by atoms with E-state index in [1.165, 1.54) is 23.1 Å². The Labute approximate surface area is 168 Å². The van der Waals surface area contributed by atoms with E-state index in [0.717, 1.165) is 16.7 Å². The molecule has 0 atom stereocenters. The summed E-state index contributed by atoms with van der Waals surface area (Å²) in [6, 6.07) is 19.4. The van der Waals surface area contributed by atoms with Crippen molar-refractivity contribution in [2.75, 3.05) is 4.90 Å². The summed E-state index contributed by atoms with van der Waals surface area (Å²) < 4.78 is 5.33. The first kappa shape index (κ1) is 18.6. The molecule has 0 bridgehead atoms. The van der Waals surface area contributed by atoms with Crippen molar-refractivity contribution in [1.82, 2.24) is 0 Å². The number of rotatable bonds is 4. The van der Waals surface area contributed by atoms with Crippen LogP contribution in [0.2, 0.25) is 0 Å². The minimum absolute atomic E-state index is 0.137. The van der Waals surface area contributed by atoms with Gasteiger partial charge in [-0.05, 0) is 54.8 Å². The average molecular weight is 385 g/mol. The van der Waals surface area contributed by atoms with Crippen LogP contribution in [0.3, 0.4) is 0 Å². The lowest BCUT2D eigenvalue weighted by atomic mass is 10.1. The van der Waals surface area contributed by atoms with Crippen LogP contribution in [0.25, 0.3) is 0 Å². The van der Waals surface area contributed by atoms with Gasteiger partial charge in [-0.25, -0.2) is 9.69 Å². The standard InChI is InChI=1S/C24H19NO4/c1-15-8-9-16(2)21(12-15)25-22(26)19-11-10-18(13-20(19)23(25)27)24(28)29-14-17-6-4-3-5-7-17/h3-13H,14H2,1-2H3. The molecule has 0 spiro atoms. The first-order valence-corrected chi connectivity index (χ1v) is 9.27. The molecule has 1 heterocycles. The second kappa shape index (κ2) is 7.36. The highest BCUT2D eigenvalue weighted by molar-refractivity contribution is 6.35. The average Bonchev–Trinajstić information content (AvgIpc) is 2.98. The minimum Gasteiger partial charge on any atom is -0.457 e. The van der Waals surface area contributed by atoms with Gasteiger partial charge >= 0.3 is 5.97 Å². The number of fused-ring (bicyclic) bond motifs is 1. The highest BCUT2D eigenvalue weighted by atomic mass is 16.5. The van der Waals surface area contributed by atoms with Crippen LogP contribution in [0.1, 0.15) is 47.8 Å². The van der Waals surface area contributed by atoms with E-state index in [2.05, 4.69) is 0 Å². The van der Waals surface area contributed by atoms with Crippen LogP contribution < -0.4 is 4.90 Å². The lowest BCUT2D eigenvalue weighted by Gasteiger charge is -2.17. The van der Waals surface area contributed by atoms with Crippen molar-refractivity contribution >= 4 is 23.5 Å². The second-order valence-corrected chi connectivity index (χ2v) is 7.06. The van der Waals surface area contributed by atoms with Gasteiger partial charge in [0.2, 0.25) is 0 Å². The highest BCUT2D eigenvalue weighted by Gasteiger charge is 2.37. The zero-order chi connectivity index (χ0) is 20.5. The summed E-state index contributed by atoms with van der Waals surface area (Å²) in [7, 11) is 0. The normalized spacial score (nSPS) is 12.8. The van der Waals surface area contributed by atoms with Gasteiger partial charge in [-0.1, -0.05) is 42.5 Å². The molecule has 5 nitrogen and oxygen atoms in total. The SMILES string of the molecule is Cc1ccc(C)c(N2C(=O)c3ccc(C(=O)OCc4ccccc4)cc3C2=O)c1. The van der Waals surface area contributed by atoms with Crippen LogP contribution >= 0.6 is 0 Å². The van der Waals surface area contributed by atoms with Gasteiger partial charge in [0, 0.05) is 0 Å². The summed E-state index contributed by atoms with van der Waals surface area (Å²) in [4.78, 5) is 39.4. The molecule has 0 N–H and O–H groups in total. The maximum Gasteiger partial charge on any atom is 0.338 e. The number of carbonyl (C=O) groups excluding carboxylic acids is 3. The number of amides is 2. The summed E-state index contributed by atoms with van der Waals surface area (Å²) in [5, 5.41) is 0. The predicted molar refractivity (Wildman–Crippen MR) is 109 cm³/mol. The van der Waals surface area contributed by atoms with Crippen molar-refractivity contribution in [2.45, 2.75) is 20.5 Å². The second-order valence-electron chi connectivity index (χ2n) is 7.06. The molecule has 5 heteroatoms. The van der Waals surface area contributed by atoms with Gasteiger partial charge in [-0.3, -0.25) is 9.59 Å². The van der Waals surface area contributed by atoms with E-state index >= 15 is 0 Å². The maximum absolute atomic E-state index is 13.0. The number of hydrogen-bond donors (Lipinski definition) is 0. The summed E-state index contributed by atoms with van der Waals surface area (Å²) in [5.74, 6) is -1.36. The molecule has 0 saturated heterocycles. The third kappa shape index (κ3) is 3.43. The molecule has 2 amide bonds. The number of carbonyl (C=O) groups is 3. The fourth-order valence-electron chi connectivity index (χ4n) is 3.35. The molecule has 0 unspecified atom stereocenters. The number of ether oxygens (including phenoxy) is 1. The van der Waals surface area contributed by atoms with Gasteiger partial charge in [-0.2, -0.15) is 0 Å².